The number of aryl methyl sites for hydroxylation is 1. The smallest absolute Gasteiger partial charge is 0.239 e. The lowest BCUT2D eigenvalue weighted by Gasteiger charge is -2.32. The minimum Gasteiger partial charge on any atom is -0.492 e. The van der Waals surface area contributed by atoms with E-state index in [0.717, 1.165) is 38.2 Å². The number of nitrogens with zero attached hydrogens (tertiary/aromatic N) is 2. The topological polar surface area (TPSA) is 32.8 Å². The predicted octanol–water partition coefficient (Wildman–Crippen LogP) is 2.71. The van der Waals surface area contributed by atoms with E-state index < -0.39 is 0 Å². The van der Waals surface area contributed by atoms with Gasteiger partial charge in [0.15, 0.2) is 0 Å². The number of ether oxygens (including phenoxy) is 1. The van der Waals surface area contributed by atoms with Crippen LogP contribution in [-0.2, 0) is 4.79 Å². The van der Waals surface area contributed by atoms with E-state index in [1.54, 1.807) is 0 Å². The van der Waals surface area contributed by atoms with Crippen LogP contribution in [0.25, 0.3) is 0 Å². The highest BCUT2D eigenvalue weighted by molar-refractivity contribution is 5.81. The molecule has 1 aromatic carbocycles. The molecule has 0 radical (unpaired) electrons. The van der Waals surface area contributed by atoms with Gasteiger partial charge in [0.25, 0.3) is 0 Å². The van der Waals surface area contributed by atoms with Gasteiger partial charge in [-0.2, -0.15) is 0 Å². The van der Waals surface area contributed by atoms with Crippen LogP contribution in [-0.4, -0.2) is 55.0 Å². The number of amides is 1. The summed E-state index contributed by atoms with van der Waals surface area (Å²) in [6, 6.07) is 7.97. The molecule has 4 nitrogen and oxygen atoms in total. The third kappa shape index (κ3) is 4.73. The number of hydrogen-bond acceptors (Lipinski definition) is 3. The summed E-state index contributed by atoms with van der Waals surface area (Å²) in [5.41, 5.74) is 1.23. The van der Waals surface area contributed by atoms with Crippen molar-refractivity contribution >= 4 is 5.91 Å². The second-order valence-electron chi connectivity index (χ2n) is 6.20. The lowest BCUT2D eigenvalue weighted by atomic mass is 10.1. The predicted molar refractivity (Wildman–Crippen MR) is 89.2 cm³/mol. The molecular weight excluding hydrogens is 276 g/mol. The molecule has 0 aliphatic carbocycles. The molecule has 0 saturated carbocycles. The molecule has 0 spiro atoms. The highest BCUT2D eigenvalue weighted by Crippen LogP contribution is 2.13. The van der Waals surface area contributed by atoms with E-state index in [1.807, 2.05) is 43.1 Å². The van der Waals surface area contributed by atoms with E-state index >= 15 is 0 Å². The number of piperidine rings is 1. The molecule has 4 heteroatoms. The Morgan fingerprint density at radius 3 is 2.50 bits per heavy atom. The van der Waals surface area contributed by atoms with Crippen molar-refractivity contribution in [2.75, 3.05) is 33.3 Å². The Labute approximate surface area is 134 Å². The molecule has 22 heavy (non-hydrogen) atoms. The fourth-order valence-corrected chi connectivity index (χ4v) is 2.70. The summed E-state index contributed by atoms with van der Waals surface area (Å²) in [6.45, 7) is 7.22. The zero-order valence-corrected chi connectivity index (χ0v) is 14.0. The SMILES string of the molecule is Cc1ccc(OCCN(C)C(C)C(=O)N2CCCCC2)cc1. The van der Waals surface area contributed by atoms with Gasteiger partial charge >= 0.3 is 0 Å². The number of benzene rings is 1. The van der Waals surface area contributed by atoms with Gasteiger partial charge < -0.3 is 9.64 Å². The highest BCUT2D eigenvalue weighted by atomic mass is 16.5. The average Bonchev–Trinajstić information content (AvgIpc) is 2.56. The summed E-state index contributed by atoms with van der Waals surface area (Å²) in [7, 11) is 1.99. The van der Waals surface area contributed by atoms with Gasteiger partial charge in [0.2, 0.25) is 5.91 Å². The van der Waals surface area contributed by atoms with E-state index in [-0.39, 0.29) is 11.9 Å². The van der Waals surface area contributed by atoms with E-state index in [4.69, 9.17) is 4.74 Å². The number of carbonyl (C=O) groups is 1. The lowest BCUT2D eigenvalue weighted by molar-refractivity contribution is -0.136. The van der Waals surface area contributed by atoms with Crippen molar-refractivity contribution in [3.05, 3.63) is 29.8 Å². The maximum atomic E-state index is 12.5. The van der Waals surface area contributed by atoms with Crippen LogP contribution >= 0.6 is 0 Å². The molecular formula is C18H28N2O2. The molecule has 2 rings (SSSR count). The fraction of sp³-hybridized carbons (Fsp3) is 0.611. The van der Waals surface area contributed by atoms with Gasteiger partial charge in [-0.25, -0.2) is 0 Å². The first kappa shape index (κ1) is 16.8. The molecule has 1 aromatic rings. The summed E-state index contributed by atoms with van der Waals surface area (Å²) in [6.07, 6.45) is 3.52. The molecule has 1 atom stereocenters. The quantitative estimate of drug-likeness (QED) is 0.810. The normalized spacial score (nSPS) is 16.6. The fourth-order valence-electron chi connectivity index (χ4n) is 2.70. The summed E-state index contributed by atoms with van der Waals surface area (Å²) >= 11 is 0. The zero-order chi connectivity index (χ0) is 15.9. The molecule has 1 saturated heterocycles. The number of hydrogen-bond donors (Lipinski definition) is 0. The molecule has 0 bridgehead atoms. The second kappa shape index (κ2) is 8.18. The molecule has 1 unspecified atom stereocenters. The van der Waals surface area contributed by atoms with Gasteiger partial charge in [0.05, 0.1) is 6.04 Å². The first-order chi connectivity index (χ1) is 10.6. The average molecular weight is 304 g/mol. The van der Waals surface area contributed by atoms with E-state index in [2.05, 4.69) is 11.8 Å². The van der Waals surface area contributed by atoms with Crippen LogP contribution in [0.1, 0.15) is 31.7 Å². The van der Waals surface area contributed by atoms with E-state index in [0.29, 0.717) is 6.61 Å². The van der Waals surface area contributed by atoms with Crippen molar-refractivity contribution in [3.8, 4) is 5.75 Å². The highest BCUT2D eigenvalue weighted by Gasteiger charge is 2.24. The van der Waals surface area contributed by atoms with Crippen LogP contribution in [0.5, 0.6) is 5.75 Å². The largest absolute Gasteiger partial charge is 0.492 e. The molecule has 0 N–H and O–H groups in total. The standard InChI is InChI=1S/C18H28N2O2/c1-15-7-9-17(10-8-15)22-14-13-19(3)16(2)18(21)20-11-5-4-6-12-20/h7-10,16H,4-6,11-14H2,1-3H3. The van der Waals surface area contributed by atoms with Gasteiger partial charge in [-0.3, -0.25) is 9.69 Å². The molecule has 1 aliphatic heterocycles. The first-order valence-electron chi connectivity index (χ1n) is 8.26. The van der Waals surface area contributed by atoms with Gasteiger partial charge in [-0.05, 0) is 52.3 Å². The zero-order valence-electron chi connectivity index (χ0n) is 14.0. The van der Waals surface area contributed by atoms with Gasteiger partial charge in [-0.15, -0.1) is 0 Å². The van der Waals surface area contributed by atoms with Crippen molar-refractivity contribution in [2.24, 2.45) is 0 Å². The van der Waals surface area contributed by atoms with Crippen molar-refractivity contribution in [1.29, 1.82) is 0 Å². The van der Waals surface area contributed by atoms with Crippen molar-refractivity contribution in [3.63, 3.8) is 0 Å². The monoisotopic (exact) mass is 304 g/mol. The molecule has 1 amide bonds. The van der Waals surface area contributed by atoms with Crippen LogP contribution in [0.2, 0.25) is 0 Å². The maximum Gasteiger partial charge on any atom is 0.239 e. The van der Waals surface area contributed by atoms with Gasteiger partial charge in [-0.1, -0.05) is 17.7 Å². The van der Waals surface area contributed by atoms with Crippen LogP contribution < -0.4 is 4.74 Å². The van der Waals surface area contributed by atoms with Crippen molar-refractivity contribution in [2.45, 2.75) is 39.2 Å². The maximum absolute atomic E-state index is 12.5. The molecule has 1 heterocycles. The van der Waals surface area contributed by atoms with E-state index in [1.165, 1.54) is 12.0 Å². The Bertz CT molecular complexity index is 466. The van der Waals surface area contributed by atoms with Crippen molar-refractivity contribution < 1.29 is 9.53 Å². The lowest BCUT2D eigenvalue weighted by Crippen LogP contribution is -2.48. The van der Waals surface area contributed by atoms with Crippen LogP contribution in [0.3, 0.4) is 0 Å². The van der Waals surface area contributed by atoms with Crippen LogP contribution in [0.15, 0.2) is 24.3 Å². The van der Waals surface area contributed by atoms with Gasteiger partial charge in [0, 0.05) is 19.6 Å². The third-order valence-electron chi connectivity index (χ3n) is 4.42. The Morgan fingerprint density at radius 1 is 1.23 bits per heavy atom. The Balaban J connectivity index is 1.74. The summed E-state index contributed by atoms with van der Waals surface area (Å²) in [5.74, 6) is 1.13. The Hall–Kier alpha value is -1.55. The number of rotatable bonds is 6. The van der Waals surface area contributed by atoms with E-state index in [9.17, 15) is 4.79 Å². The van der Waals surface area contributed by atoms with Crippen LogP contribution in [0.4, 0.5) is 0 Å². The number of likely N-dealkylation sites (tertiary alicyclic amines) is 1. The summed E-state index contributed by atoms with van der Waals surface area (Å²) in [4.78, 5) is 16.5. The minimum atomic E-state index is -0.0836. The van der Waals surface area contributed by atoms with Gasteiger partial charge in [0.1, 0.15) is 12.4 Å². The Morgan fingerprint density at radius 2 is 1.86 bits per heavy atom. The molecule has 122 valence electrons. The molecule has 1 fully saturated rings. The number of likely N-dealkylation sites (N-methyl/N-ethyl adjacent to an activating group) is 1. The number of carbonyl (C=O) groups excluding carboxylic acids is 1. The summed E-state index contributed by atoms with van der Waals surface area (Å²) < 4.78 is 5.74. The molecule has 0 aromatic heterocycles. The first-order valence-corrected chi connectivity index (χ1v) is 8.26. The Kier molecular flexibility index (Phi) is 6.25. The molecule has 1 aliphatic rings. The minimum absolute atomic E-state index is 0.0836. The van der Waals surface area contributed by atoms with Crippen LogP contribution in [0, 0.1) is 6.92 Å². The van der Waals surface area contributed by atoms with Crippen molar-refractivity contribution in [1.82, 2.24) is 9.80 Å². The summed E-state index contributed by atoms with van der Waals surface area (Å²) in [5, 5.41) is 0. The second-order valence-corrected chi connectivity index (χ2v) is 6.20. The third-order valence-corrected chi connectivity index (χ3v) is 4.42.